The molecule has 1 aliphatic rings. The van der Waals surface area contributed by atoms with Crippen LogP contribution in [0.2, 0.25) is 0 Å². The molecule has 0 bridgehead atoms. The Morgan fingerprint density at radius 1 is 1.19 bits per heavy atom. The van der Waals surface area contributed by atoms with Gasteiger partial charge in [0.05, 0.1) is 35.4 Å². The lowest BCUT2D eigenvalue weighted by atomic mass is 10.1. The standard InChI is InChI=1S/C20H19BrF3N5O3/c1-25-19(32)18-17(21)14-11-28(8-9-29(14)27-18)16(31)10-26-15(30)7-4-12-2-5-13(6-3-12)20(22,23)24/h2-7H,8-11H2,1H3,(H,25,32)(H,26,30)/b7-4+. The van der Waals surface area contributed by atoms with Crippen molar-refractivity contribution in [2.24, 2.45) is 0 Å². The normalized spacial score (nSPS) is 13.7. The second-order valence-electron chi connectivity index (χ2n) is 6.90. The van der Waals surface area contributed by atoms with Gasteiger partial charge in [-0.2, -0.15) is 18.3 Å². The van der Waals surface area contributed by atoms with Crippen LogP contribution in [0.25, 0.3) is 6.08 Å². The smallest absolute Gasteiger partial charge is 0.354 e. The maximum Gasteiger partial charge on any atom is 0.416 e. The van der Waals surface area contributed by atoms with Crippen LogP contribution in [-0.4, -0.2) is 52.5 Å². The van der Waals surface area contributed by atoms with Gasteiger partial charge >= 0.3 is 6.18 Å². The number of nitrogens with one attached hydrogen (secondary N) is 2. The third kappa shape index (κ3) is 5.36. The number of alkyl halides is 3. The maximum absolute atomic E-state index is 12.6. The molecule has 3 amide bonds. The molecule has 0 radical (unpaired) electrons. The predicted molar refractivity (Wildman–Crippen MR) is 112 cm³/mol. The summed E-state index contributed by atoms with van der Waals surface area (Å²) in [6.45, 7) is 0.744. The highest BCUT2D eigenvalue weighted by Gasteiger charge is 2.30. The zero-order valence-electron chi connectivity index (χ0n) is 16.9. The molecular formula is C20H19BrF3N5O3. The van der Waals surface area contributed by atoms with Gasteiger partial charge in [-0.15, -0.1) is 0 Å². The number of halogens is 4. The molecule has 0 spiro atoms. The number of amides is 3. The van der Waals surface area contributed by atoms with E-state index < -0.39 is 17.6 Å². The van der Waals surface area contributed by atoms with Crippen LogP contribution in [0.15, 0.2) is 34.8 Å². The summed E-state index contributed by atoms with van der Waals surface area (Å²) in [4.78, 5) is 37.9. The van der Waals surface area contributed by atoms with Crippen LogP contribution in [0.4, 0.5) is 13.2 Å². The third-order valence-electron chi connectivity index (χ3n) is 4.79. The zero-order valence-corrected chi connectivity index (χ0v) is 18.5. The number of nitrogens with zero attached hydrogens (tertiary/aromatic N) is 3. The van der Waals surface area contributed by atoms with E-state index in [-0.39, 0.29) is 30.6 Å². The van der Waals surface area contributed by atoms with E-state index in [0.717, 1.165) is 18.2 Å². The summed E-state index contributed by atoms with van der Waals surface area (Å²) < 4.78 is 39.9. The number of carbonyl (C=O) groups excluding carboxylic acids is 3. The van der Waals surface area contributed by atoms with Crippen molar-refractivity contribution in [1.82, 2.24) is 25.3 Å². The number of aromatic nitrogens is 2. The molecule has 0 atom stereocenters. The Bertz CT molecular complexity index is 1060. The van der Waals surface area contributed by atoms with Gasteiger partial charge in [-0.05, 0) is 39.7 Å². The van der Waals surface area contributed by atoms with Crippen LogP contribution in [0, 0.1) is 0 Å². The number of rotatable bonds is 5. The molecule has 1 aromatic carbocycles. The Morgan fingerprint density at radius 2 is 1.88 bits per heavy atom. The van der Waals surface area contributed by atoms with Crippen molar-refractivity contribution in [1.29, 1.82) is 0 Å². The summed E-state index contributed by atoms with van der Waals surface area (Å²) in [6.07, 6.45) is -1.92. The van der Waals surface area contributed by atoms with Crippen molar-refractivity contribution < 1.29 is 27.6 Å². The summed E-state index contributed by atoms with van der Waals surface area (Å²) in [7, 11) is 1.50. The molecular weight excluding hydrogens is 495 g/mol. The van der Waals surface area contributed by atoms with Gasteiger partial charge in [0.15, 0.2) is 5.69 Å². The summed E-state index contributed by atoms with van der Waals surface area (Å²) in [5.41, 5.74) is 0.553. The first-order valence-corrected chi connectivity index (χ1v) is 10.3. The number of hydrogen-bond acceptors (Lipinski definition) is 4. The highest BCUT2D eigenvalue weighted by molar-refractivity contribution is 9.10. The van der Waals surface area contributed by atoms with Crippen LogP contribution in [0.3, 0.4) is 0 Å². The molecule has 12 heteroatoms. The topological polar surface area (TPSA) is 96.3 Å². The van der Waals surface area contributed by atoms with Gasteiger partial charge in [0.25, 0.3) is 5.91 Å². The van der Waals surface area contributed by atoms with Gasteiger partial charge in [-0.3, -0.25) is 19.1 Å². The highest BCUT2D eigenvalue weighted by atomic mass is 79.9. The quantitative estimate of drug-likeness (QED) is 0.599. The predicted octanol–water partition coefficient (Wildman–Crippen LogP) is 2.20. The Labute approximate surface area is 189 Å². The average molecular weight is 514 g/mol. The highest BCUT2D eigenvalue weighted by Crippen LogP contribution is 2.29. The molecule has 2 aromatic rings. The summed E-state index contributed by atoms with van der Waals surface area (Å²) in [6, 6.07) is 4.35. The second kappa shape index (κ2) is 9.55. The van der Waals surface area contributed by atoms with Gasteiger partial charge < -0.3 is 15.5 Å². The van der Waals surface area contributed by atoms with Gasteiger partial charge in [-0.25, -0.2) is 0 Å². The van der Waals surface area contributed by atoms with Crippen LogP contribution in [0.5, 0.6) is 0 Å². The van der Waals surface area contributed by atoms with E-state index in [4.69, 9.17) is 0 Å². The first-order chi connectivity index (χ1) is 15.1. The van der Waals surface area contributed by atoms with E-state index in [9.17, 15) is 27.6 Å². The molecule has 0 unspecified atom stereocenters. The minimum Gasteiger partial charge on any atom is -0.354 e. The number of fused-ring (bicyclic) bond motifs is 1. The Hall–Kier alpha value is -3.15. The molecule has 2 heterocycles. The molecule has 2 N–H and O–H groups in total. The van der Waals surface area contributed by atoms with Crippen molar-refractivity contribution in [2.45, 2.75) is 19.3 Å². The molecule has 0 aliphatic carbocycles. The third-order valence-corrected chi connectivity index (χ3v) is 5.62. The van der Waals surface area contributed by atoms with Crippen LogP contribution < -0.4 is 10.6 Å². The van der Waals surface area contributed by atoms with E-state index in [1.807, 2.05) is 0 Å². The molecule has 1 aliphatic heterocycles. The van der Waals surface area contributed by atoms with E-state index in [2.05, 4.69) is 31.7 Å². The second-order valence-corrected chi connectivity index (χ2v) is 7.69. The van der Waals surface area contributed by atoms with Crippen molar-refractivity contribution in [3.8, 4) is 0 Å². The summed E-state index contributed by atoms with van der Waals surface area (Å²) >= 11 is 3.35. The van der Waals surface area contributed by atoms with Crippen LogP contribution in [0.1, 0.15) is 27.3 Å². The lowest BCUT2D eigenvalue weighted by molar-refractivity contribution is -0.137. The van der Waals surface area contributed by atoms with E-state index in [1.165, 1.54) is 30.2 Å². The van der Waals surface area contributed by atoms with Crippen molar-refractivity contribution in [2.75, 3.05) is 20.1 Å². The SMILES string of the molecule is CNC(=O)c1nn2c(c1Br)CN(C(=O)CNC(=O)/C=C/c1ccc(C(F)(F)F)cc1)CC2. The molecule has 1 aromatic heterocycles. The Kier molecular flexibility index (Phi) is 7.02. The largest absolute Gasteiger partial charge is 0.416 e. The maximum atomic E-state index is 12.6. The fraction of sp³-hybridized carbons (Fsp3) is 0.300. The molecule has 32 heavy (non-hydrogen) atoms. The van der Waals surface area contributed by atoms with Crippen LogP contribution >= 0.6 is 15.9 Å². The minimum atomic E-state index is -4.42. The van der Waals surface area contributed by atoms with Crippen LogP contribution in [-0.2, 0) is 28.9 Å². The molecule has 170 valence electrons. The van der Waals surface area contributed by atoms with E-state index in [0.29, 0.717) is 28.8 Å². The van der Waals surface area contributed by atoms with Crippen molar-refractivity contribution in [3.05, 3.63) is 57.3 Å². The summed E-state index contributed by atoms with van der Waals surface area (Å²) in [5.74, 6) is -1.21. The summed E-state index contributed by atoms with van der Waals surface area (Å²) in [5, 5.41) is 9.20. The van der Waals surface area contributed by atoms with Gasteiger partial charge in [0, 0.05) is 19.7 Å². The zero-order chi connectivity index (χ0) is 23.5. The first-order valence-electron chi connectivity index (χ1n) is 9.48. The van der Waals surface area contributed by atoms with Gasteiger partial charge in [-0.1, -0.05) is 12.1 Å². The Morgan fingerprint density at radius 3 is 2.50 bits per heavy atom. The van der Waals surface area contributed by atoms with E-state index >= 15 is 0 Å². The lowest BCUT2D eigenvalue weighted by Gasteiger charge is -2.28. The van der Waals surface area contributed by atoms with Crippen molar-refractivity contribution in [3.63, 3.8) is 0 Å². The Balaban J connectivity index is 1.54. The number of hydrogen-bond donors (Lipinski definition) is 2. The van der Waals surface area contributed by atoms with Gasteiger partial charge in [0.2, 0.25) is 11.8 Å². The molecule has 0 fully saturated rings. The monoisotopic (exact) mass is 513 g/mol. The molecule has 0 saturated heterocycles. The van der Waals surface area contributed by atoms with Crippen molar-refractivity contribution >= 4 is 39.7 Å². The number of benzene rings is 1. The number of carbonyl (C=O) groups is 3. The van der Waals surface area contributed by atoms with Gasteiger partial charge in [0.1, 0.15) is 0 Å². The minimum absolute atomic E-state index is 0.223. The molecule has 0 saturated carbocycles. The average Bonchev–Trinajstić information content (AvgIpc) is 3.11. The lowest BCUT2D eigenvalue weighted by Crippen LogP contribution is -2.43. The fourth-order valence-electron chi connectivity index (χ4n) is 3.05. The van der Waals surface area contributed by atoms with E-state index in [1.54, 1.807) is 4.68 Å². The first kappa shape index (κ1) is 23.5. The fourth-order valence-corrected chi connectivity index (χ4v) is 3.64. The molecule has 3 rings (SSSR count). The molecule has 8 nitrogen and oxygen atoms in total.